The van der Waals surface area contributed by atoms with Crippen molar-refractivity contribution in [1.82, 2.24) is 15.5 Å². The van der Waals surface area contributed by atoms with Gasteiger partial charge in [-0.05, 0) is 31.5 Å². The summed E-state index contributed by atoms with van der Waals surface area (Å²) in [6.45, 7) is 0.881. The molecule has 21 heavy (non-hydrogen) atoms. The van der Waals surface area contributed by atoms with E-state index >= 15 is 0 Å². The van der Waals surface area contributed by atoms with Gasteiger partial charge in [0.05, 0.1) is 11.6 Å². The molecule has 1 unspecified atom stereocenters. The van der Waals surface area contributed by atoms with Gasteiger partial charge in [-0.1, -0.05) is 23.7 Å². The van der Waals surface area contributed by atoms with Crippen molar-refractivity contribution in [2.45, 2.75) is 31.5 Å². The summed E-state index contributed by atoms with van der Waals surface area (Å²) < 4.78 is 43.3. The first kappa shape index (κ1) is 14.1. The van der Waals surface area contributed by atoms with Gasteiger partial charge in [-0.15, -0.1) is 0 Å². The minimum absolute atomic E-state index is 0.00852. The van der Waals surface area contributed by atoms with Crippen molar-refractivity contribution in [3.05, 3.63) is 35.7 Å². The number of rotatable bonds is 2. The molecule has 0 bridgehead atoms. The summed E-state index contributed by atoms with van der Waals surface area (Å²) in [6.07, 6.45) is -1.32. The summed E-state index contributed by atoms with van der Waals surface area (Å²) in [5.41, 5.74) is -0.419. The summed E-state index contributed by atoms with van der Waals surface area (Å²) >= 11 is 0. The largest absolute Gasteiger partial charge is 0.416 e. The molecule has 1 aliphatic heterocycles. The van der Waals surface area contributed by atoms with E-state index in [0.717, 1.165) is 37.9 Å². The van der Waals surface area contributed by atoms with E-state index in [2.05, 4.69) is 15.5 Å². The first-order valence-corrected chi connectivity index (χ1v) is 6.78. The Morgan fingerprint density at radius 1 is 1.24 bits per heavy atom. The molecular formula is C14H14F3N3O. The molecule has 0 amide bonds. The summed E-state index contributed by atoms with van der Waals surface area (Å²) in [7, 11) is 0. The predicted molar refractivity (Wildman–Crippen MR) is 69.3 cm³/mol. The maximum Gasteiger partial charge on any atom is 0.416 e. The van der Waals surface area contributed by atoms with Gasteiger partial charge in [-0.3, -0.25) is 0 Å². The van der Waals surface area contributed by atoms with Crippen molar-refractivity contribution in [2.24, 2.45) is 0 Å². The van der Waals surface area contributed by atoms with Crippen LogP contribution in [0.3, 0.4) is 0 Å². The predicted octanol–water partition coefficient (Wildman–Crippen LogP) is 3.57. The van der Waals surface area contributed by atoms with Gasteiger partial charge in [-0.2, -0.15) is 18.2 Å². The molecule has 112 valence electrons. The quantitative estimate of drug-likeness (QED) is 0.920. The molecule has 0 saturated carbocycles. The second-order valence-electron chi connectivity index (χ2n) is 5.04. The van der Waals surface area contributed by atoms with Crippen molar-refractivity contribution in [1.29, 1.82) is 0 Å². The Hall–Kier alpha value is -1.89. The topological polar surface area (TPSA) is 51.0 Å². The molecule has 1 saturated heterocycles. The Morgan fingerprint density at radius 2 is 2.10 bits per heavy atom. The van der Waals surface area contributed by atoms with Gasteiger partial charge >= 0.3 is 6.18 Å². The van der Waals surface area contributed by atoms with E-state index in [0.29, 0.717) is 11.5 Å². The van der Waals surface area contributed by atoms with Crippen LogP contribution in [0, 0.1) is 0 Å². The molecule has 1 aromatic carbocycles. The number of halogens is 3. The Bertz CT molecular complexity index is 618. The zero-order valence-corrected chi connectivity index (χ0v) is 11.2. The Morgan fingerprint density at radius 3 is 2.81 bits per heavy atom. The van der Waals surface area contributed by atoms with Crippen LogP contribution < -0.4 is 5.32 Å². The molecule has 1 N–H and O–H groups in total. The number of benzene rings is 1. The average Bonchev–Trinajstić information content (AvgIpc) is 2.97. The lowest BCUT2D eigenvalue weighted by molar-refractivity contribution is -0.137. The number of alkyl halides is 3. The van der Waals surface area contributed by atoms with Crippen molar-refractivity contribution in [3.63, 3.8) is 0 Å². The molecule has 0 spiro atoms. The van der Waals surface area contributed by atoms with Gasteiger partial charge in [0, 0.05) is 5.56 Å². The zero-order chi connectivity index (χ0) is 14.9. The highest BCUT2D eigenvalue weighted by molar-refractivity contribution is 5.55. The minimum Gasteiger partial charge on any atom is -0.337 e. The lowest BCUT2D eigenvalue weighted by Gasteiger charge is -2.19. The van der Waals surface area contributed by atoms with E-state index in [4.69, 9.17) is 4.52 Å². The number of aromatic nitrogens is 2. The molecule has 2 aromatic rings. The Labute approximate surface area is 119 Å². The fourth-order valence-corrected chi connectivity index (χ4v) is 2.39. The first-order chi connectivity index (χ1) is 10.0. The van der Waals surface area contributed by atoms with E-state index in [1.165, 1.54) is 12.1 Å². The maximum absolute atomic E-state index is 12.7. The van der Waals surface area contributed by atoms with E-state index in [9.17, 15) is 13.2 Å². The molecule has 0 radical (unpaired) electrons. The molecule has 3 rings (SSSR count). The molecule has 1 aliphatic rings. The van der Waals surface area contributed by atoms with Crippen molar-refractivity contribution >= 4 is 0 Å². The number of hydrogen-bond acceptors (Lipinski definition) is 4. The summed E-state index contributed by atoms with van der Waals surface area (Å²) in [5.74, 6) is 0.616. The Kier molecular flexibility index (Phi) is 3.67. The van der Waals surface area contributed by atoms with Gasteiger partial charge in [0.25, 0.3) is 0 Å². The van der Waals surface area contributed by atoms with Crippen molar-refractivity contribution < 1.29 is 17.7 Å². The van der Waals surface area contributed by atoms with Crippen molar-refractivity contribution in [3.8, 4) is 11.4 Å². The van der Waals surface area contributed by atoms with Crippen LogP contribution in [0.2, 0.25) is 0 Å². The average molecular weight is 297 g/mol. The van der Waals surface area contributed by atoms with Gasteiger partial charge in [0.1, 0.15) is 0 Å². The molecule has 7 heteroatoms. The molecule has 1 fully saturated rings. The summed E-state index contributed by atoms with van der Waals surface area (Å²) in [4.78, 5) is 4.22. The van der Waals surface area contributed by atoms with Crippen LogP contribution in [0.1, 0.15) is 36.8 Å². The van der Waals surface area contributed by atoms with Gasteiger partial charge in [0.15, 0.2) is 0 Å². The van der Waals surface area contributed by atoms with Crippen LogP contribution in [0.4, 0.5) is 13.2 Å². The van der Waals surface area contributed by atoms with Crippen LogP contribution >= 0.6 is 0 Å². The normalized spacial score (nSPS) is 19.7. The van der Waals surface area contributed by atoms with E-state index < -0.39 is 11.7 Å². The highest BCUT2D eigenvalue weighted by Gasteiger charge is 2.31. The fraction of sp³-hybridized carbons (Fsp3) is 0.429. The van der Waals surface area contributed by atoms with E-state index in [-0.39, 0.29) is 11.9 Å². The number of nitrogens with zero attached hydrogens (tertiary/aromatic N) is 2. The lowest BCUT2D eigenvalue weighted by Crippen LogP contribution is -2.26. The number of hydrogen-bond donors (Lipinski definition) is 1. The first-order valence-electron chi connectivity index (χ1n) is 6.78. The monoisotopic (exact) mass is 297 g/mol. The van der Waals surface area contributed by atoms with Gasteiger partial charge in [-0.25, -0.2) is 0 Å². The van der Waals surface area contributed by atoms with E-state index in [1.807, 2.05) is 0 Å². The molecule has 0 aliphatic carbocycles. The zero-order valence-electron chi connectivity index (χ0n) is 11.2. The van der Waals surface area contributed by atoms with Crippen LogP contribution in [0.25, 0.3) is 11.4 Å². The minimum atomic E-state index is -4.38. The van der Waals surface area contributed by atoms with Crippen LogP contribution in [-0.2, 0) is 6.18 Å². The second kappa shape index (κ2) is 5.48. The molecule has 1 atom stereocenters. The molecule has 4 nitrogen and oxygen atoms in total. The lowest BCUT2D eigenvalue weighted by atomic mass is 10.1. The fourth-order valence-electron chi connectivity index (χ4n) is 2.39. The maximum atomic E-state index is 12.7. The molecule has 1 aromatic heterocycles. The highest BCUT2D eigenvalue weighted by Crippen LogP contribution is 2.32. The third kappa shape index (κ3) is 3.07. The van der Waals surface area contributed by atoms with Crippen LogP contribution in [0.15, 0.2) is 28.8 Å². The third-order valence-electron chi connectivity index (χ3n) is 3.50. The standard InChI is InChI=1S/C14H14F3N3O/c15-14(16,17)10-5-3-4-9(8-10)12-19-13(21-20-12)11-6-1-2-7-18-11/h3-5,8,11,18H,1-2,6-7H2. The summed E-state index contributed by atoms with van der Waals surface area (Å²) in [5, 5.41) is 7.05. The Balaban J connectivity index is 1.86. The number of piperidine rings is 1. The smallest absolute Gasteiger partial charge is 0.337 e. The summed E-state index contributed by atoms with van der Waals surface area (Å²) in [6, 6.07) is 4.92. The molecule has 2 heterocycles. The molecular weight excluding hydrogens is 283 g/mol. The number of nitrogens with one attached hydrogen (secondary N) is 1. The van der Waals surface area contributed by atoms with Crippen LogP contribution in [0.5, 0.6) is 0 Å². The SMILES string of the molecule is FC(F)(F)c1cccc(-c2noc(C3CCCCN3)n2)c1. The third-order valence-corrected chi connectivity index (χ3v) is 3.50. The second-order valence-corrected chi connectivity index (χ2v) is 5.04. The van der Waals surface area contributed by atoms with Crippen LogP contribution in [-0.4, -0.2) is 16.7 Å². The highest BCUT2D eigenvalue weighted by atomic mass is 19.4. The van der Waals surface area contributed by atoms with Gasteiger partial charge in [0.2, 0.25) is 11.7 Å². The van der Waals surface area contributed by atoms with E-state index in [1.54, 1.807) is 0 Å². The van der Waals surface area contributed by atoms with Crippen molar-refractivity contribution in [2.75, 3.05) is 6.54 Å². The van der Waals surface area contributed by atoms with Gasteiger partial charge < -0.3 is 9.84 Å².